The second-order valence-electron chi connectivity index (χ2n) is 5.45. The van der Waals surface area contributed by atoms with Crippen LogP contribution in [0.1, 0.15) is 18.7 Å². The molecule has 1 aliphatic heterocycles. The average Bonchev–Trinajstić information content (AvgIpc) is 2.91. The Balaban J connectivity index is 1.92. The van der Waals surface area contributed by atoms with Crippen LogP contribution in [-0.4, -0.2) is 35.4 Å². The molecule has 2 unspecified atom stereocenters. The molecule has 0 saturated carbocycles. The Morgan fingerprint density at radius 1 is 1.24 bits per heavy atom. The van der Waals surface area contributed by atoms with Gasteiger partial charge in [-0.05, 0) is 13.8 Å². The van der Waals surface area contributed by atoms with Crippen LogP contribution < -0.4 is 4.90 Å². The van der Waals surface area contributed by atoms with Crippen molar-refractivity contribution in [3.8, 4) is 11.3 Å². The van der Waals surface area contributed by atoms with E-state index in [1.165, 1.54) is 0 Å². The molecule has 0 bridgehead atoms. The minimum absolute atomic E-state index is 0.0251. The first kappa shape index (κ1) is 14.5. The maximum Gasteiger partial charge on any atom is 0.186 e. The Morgan fingerprint density at radius 3 is 2.52 bits per heavy atom. The van der Waals surface area contributed by atoms with Crippen molar-refractivity contribution in [1.29, 1.82) is 0 Å². The van der Waals surface area contributed by atoms with Gasteiger partial charge in [0.2, 0.25) is 0 Å². The Labute approximate surface area is 129 Å². The molecule has 2 aromatic rings. The first-order valence-electron chi connectivity index (χ1n) is 7.23. The summed E-state index contributed by atoms with van der Waals surface area (Å²) in [7, 11) is 0. The van der Waals surface area contributed by atoms with Gasteiger partial charge in [0.25, 0.3) is 0 Å². The summed E-state index contributed by atoms with van der Waals surface area (Å²) in [5.41, 5.74) is 1.95. The molecule has 2 heterocycles. The Hall–Kier alpha value is -1.43. The lowest BCUT2D eigenvalue weighted by molar-refractivity contribution is -0.00522. The molecule has 2 atom stereocenters. The van der Waals surface area contributed by atoms with Crippen molar-refractivity contribution in [3.05, 3.63) is 35.2 Å². The second kappa shape index (κ2) is 6.13. The fourth-order valence-corrected chi connectivity index (χ4v) is 3.70. The predicted molar refractivity (Wildman–Crippen MR) is 85.7 cm³/mol. The van der Waals surface area contributed by atoms with E-state index in [-0.39, 0.29) is 18.8 Å². The van der Waals surface area contributed by atoms with Gasteiger partial charge in [0.1, 0.15) is 0 Å². The lowest BCUT2D eigenvalue weighted by atomic mass is 10.1. The highest BCUT2D eigenvalue weighted by molar-refractivity contribution is 7.16. The number of thiazole rings is 1. The molecular weight excluding hydrogens is 284 g/mol. The van der Waals surface area contributed by atoms with Gasteiger partial charge in [-0.25, -0.2) is 4.98 Å². The van der Waals surface area contributed by atoms with E-state index >= 15 is 0 Å². The third-order valence-corrected chi connectivity index (χ3v) is 4.67. The monoisotopic (exact) mass is 304 g/mol. The van der Waals surface area contributed by atoms with Gasteiger partial charge in [-0.1, -0.05) is 41.7 Å². The molecule has 1 fully saturated rings. The third-order valence-electron chi connectivity index (χ3n) is 3.57. The lowest BCUT2D eigenvalue weighted by Crippen LogP contribution is -2.45. The molecule has 1 saturated heterocycles. The number of benzene rings is 1. The van der Waals surface area contributed by atoms with E-state index in [9.17, 15) is 5.11 Å². The van der Waals surface area contributed by atoms with Crippen molar-refractivity contribution < 1.29 is 9.84 Å². The quantitative estimate of drug-likeness (QED) is 0.947. The number of aliphatic hydroxyl groups is 1. The maximum atomic E-state index is 9.62. The first-order valence-corrected chi connectivity index (χ1v) is 8.05. The number of hydrogen-bond acceptors (Lipinski definition) is 5. The van der Waals surface area contributed by atoms with Crippen molar-refractivity contribution in [2.75, 3.05) is 18.0 Å². The normalized spacial score (nSPS) is 22.5. The molecule has 21 heavy (non-hydrogen) atoms. The van der Waals surface area contributed by atoms with Gasteiger partial charge in [-0.2, -0.15) is 0 Å². The molecule has 0 aliphatic carbocycles. The van der Waals surface area contributed by atoms with Crippen LogP contribution in [0.4, 0.5) is 5.13 Å². The van der Waals surface area contributed by atoms with E-state index in [0.717, 1.165) is 34.4 Å². The van der Waals surface area contributed by atoms with Crippen molar-refractivity contribution in [1.82, 2.24) is 4.98 Å². The number of ether oxygens (including phenoxy) is 1. The number of nitrogens with zero attached hydrogens (tertiary/aromatic N) is 2. The van der Waals surface area contributed by atoms with Crippen LogP contribution in [0.25, 0.3) is 11.3 Å². The molecule has 4 nitrogen and oxygen atoms in total. The fraction of sp³-hybridized carbons (Fsp3) is 0.438. The molecule has 112 valence electrons. The summed E-state index contributed by atoms with van der Waals surface area (Å²) in [6, 6.07) is 10.0. The summed E-state index contributed by atoms with van der Waals surface area (Å²) in [5, 5.41) is 10.6. The van der Waals surface area contributed by atoms with E-state index < -0.39 is 0 Å². The van der Waals surface area contributed by atoms with Crippen LogP contribution in [0.15, 0.2) is 30.3 Å². The molecule has 0 amide bonds. The summed E-state index contributed by atoms with van der Waals surface area (Å²) < 4.78 is 5.77. The van der Waals surface area contributed by atoms with Gasteiger partial charge in [-0.15, -0.1) is 0 Å². The summed E-state index contributed by atoms with van der Waals surface area (Å²) in [4.78, 5) is 7.95. The summed E-state index contributed by atoms with van der Waals surface area (Å²) >= 11 is 1.57. The molecule has 0 spiro atoms. The third kappa shape index (κ3) is 3.10. The van der Waals surface area contributed by atoms with Crippen molar-refractivity contribution >= 4 is 16.5 Å². The van der Waals surface area contributed by atoms with Gasteiger partial charge >= 0.3 is 0 Å². The number of aromatic nitrogens is 1. The van der Waals surface area contributed by atoms with Gasteiger partial charge < -0.3 is 14.7 Å². The van der Waals surface area contributed by atoms with E-state index in [1.807, 2.05) is 30.3 Å². The molecule has 1 N–H and O–H groups in total. The zero-order valence-corrected chi connectivity index (χ0v) is 13.1. The minimum Gasteiger partial charge on any atom is -0.391 e. The van der Waals surface area contributed by atoms with E-state index in [2.05, 4.69) is 18.7 Å². The summed E-state index contributed by atoms with van der Waals surface area (Å²) in [6.45, 7) is 5.88. The highest BCUT2D eigenvalue weighted by Gasteiger charge is 2.25. The number of morpholine rings is 1. The Bertz CT molecular complexity index is 590. The number of anilines is 1. The van der Waals surface area contributed by atoms with E-state index in [4.69, 9.17) is 9.72 Å². The Morgan fingerprint density at radius 2 is 1.90 bits per heavy atom. The van der Waals surface area contributed by atoms with Gasteiger partial charge in [0.15, 0.2) is 5.13 Å². The van der Waals surface area contributed by atoms with Crippen LogP contribution in [0.3, 0.4) is 0 Å². The molecule has 1 aromatic heterocycles. The van der Waals surface area contributed by atoms with Crippen molar-refractivity contribution in [2.24, 2.45) is 0 Å². The maximum absolute atomic E-state index is 9.62. The highest BCUT2D eigenvalue weighted by atomic mass is 32.1. The van der Waals surface area contributed by atoms with E-state index in [1.54, 1.807) is 11.3 Å². The summed E-state index contributed by atoms with van der Waals surface area (Å²) in [5.74, 6) is 0. The summed E-state index contributed by atoms with van der Waals surface area (Å²) in [6.07, 6.45) is 0.408. The SMILES string of the molecule is CC1CN(c2nc(-c3ccccc3)c(CO)s2)CC(C)O1. The first-order chi connectivity index (χ1) is 10.2. The fourth-order valence-electron chi connectivity index (χ4n) is 2.74. The number of aliphatic hydroxyl groups excluding tert-OH is 1. The predicted octanol–water partition coefficient (Wildman–Crippen LogP) is 2.92. The molecule has 5 heteroatoms. The molecule has 3 rings (SSSR count). The molecular formula is C16H20N2O2S. The van der Waals surface area contributed by atoms with E-state index in [0.29, 0.717) is 0 Å². The lowest BCUT2D eigenvalue weighted by Gasteiger charge is -2.35. The van der Waals surface area contributed by atoms with Gasteiger partial charge in [0.05, 0.1) is 29.4 Å². The van der Waals surface area contributed by atoms with Gasteiger partial charge in [0, 0.05) is 18.7 Å². The zero-order chi connectivity index (χ0) is 14.8. The van der Waals surface area contributed by atoms with Crippen LogP contribution >= 0.6 is 11.3 Å². The average molecular weight is 304 g/mol. The van der Waals surface area contributed by atoms with Gasteiger partial charge in [-0.3, -0.25) is 0 Å². The topological polar surface area (TPSA) is 45.6 Å². The van der Waals surface area contributed by atoms with Crippen LogP contribution in [0.5, 0.6) is 0 Å². The molecule has 0 radical (unpaired) electrons. The van der Waals surface area contributed by atoms with Crippen molar-refractivity contribution in [2.45, 2.75) is 32.7 Å². The van der Waals surface area contributed by atoms with Crippen molar-refractivity contribution in [3.63, 3.8) is 0 Å². The second-order valence-corrected chi connectivity index (χ2v) is 6.52. The van der Waals surface area contributed by atoms with Crippen LogP contribution in [0, 0.1) is 0 Å². The number of rotatable bonds is 3. The largest absolute Gasteiger partial charge is 0.391 e. The number of hydrogen-bond donors (Lipinski definition) is 1. The molecule has 1 aromatic carbocycles. The smallest absolute Gasteiger partial charge is 0.186 e. The molecule has 1 aliphatic rings. The highest BCUT2D eigenvalue weighted by Crippen LogP contribution is 2.34. The standard InChI is InChI=1S/C16H20N2O2S/c1-11-8-18(9-12(2)20-11)16-17-15(14(10-19)21-16)13-6-4-3-5-7-13/h3-7,11-12,19H,8-10H2,1-2H3. The van der Waals surface area contributed by atoms with Crippen LogP contribution in [-0.2, 0) is 11.3 Å². The minimum atomic E-state index is 0.0251. The van der Waals surface area contributed by atoms with Crippen LogP contribution in [0.2, 0.25) is 0 Å². The zero-order valence-electron chi connectivity index (χ0n) is 12.3. The Kier molecular flexibility index (Phi) is 4.24.